The summed E-state index contributed by atoms with van der Waals surface area (Å²) in [5.74, 6) is -2.24. The molecule has 0 atom stereocenters. The van der Waals surface area contributed by atoms with Crippen molar-refractivity contribution in [3.8, 4) is 0 Å². The first-order valence-electron chi connectivity index (χ1n) is 10.9. The number of hydrogen-bond donors (Lipinski definition) is 3. The molecule has 0 saturated carbocycles. The number of benzene rings is 3. The Bertz CT molecular complexity index is 1510. The van der Waals surface area contributed by atoms with Crippen molar-refractivity contribution >= 4 is 69.3 Å². The number of amides is 1. The quantitative estimate of drug-likeness (QED) is 0.189. The molecule has 0 aliphatic carbocycles. The number of hydrogen-bond acceptors (Lipinski definition) is 4. The van der Waals surface area contributed by atoms with Crippen LogP contribution in [-0.2, 0) is 9.53 Å². The number of aromatic nitrogens is 1. The standard InChI is InChI=1S/C27H20Cl2N2O5/c1-2-36-27(35)24-20(23-21(29)12-17(28)13-22(23)31-24)14-19(26(33)34)16-9-6-10-18(11-16)30-25(32)15-7-4-3-5-8-15/h3-14,31H,2H2,1H3,(H,30,32)(H,33,34). The van der Waals surface area contributed by atoms with Gasteiger partial charge in [-0.15, -0.1) is 0 Å². The molecule has 3 aromatic carbocycles. The van der Waals surface area contributed by atoms with Crippen LogP contribution in [-0.4, -0.2) is 34.5 Å². The molecule has 4 aromatic rings. The van der Waals surface area contributed by atoms with Gasteiger partial charge in [-0.05, 0) is 55.0 Å². The normalized spacial score (nSPS) is 11.4. The summed E-state index contributed by atoms with van der Waals surface area (Å²) in [6, 6.07) is 18.1. The van der Waals surface area contributed by atoms with E-state index in [1.165, 1.54) is 18.2 Å². The Labute approximate surface area is 216 Å². The molecule has 0 spiro atoms. The van der Waals surface area contributed by atoms with Gasteiger partial charge in [0.1, 0.15) is 5.69 Å². The zero-order valence-corrected chi connectivity index (χ0v) is 20.5. The van der Waals surface area contributed by atoms with Crippen molar-refractivity contribution in [1.82, 2.24) is 4.98 Å². The van der Waals surface area contributed by atoms with E-state index in [2.05, 4.69) is 10.3 Å². The summed E-state index contributed by atoms with van der Waals surface area (Å²) in [6.07, 6.45) is 1.35. The lowest BCUT2D eigenvalue weighted by atomic mass is 10.0. The molecule has 0 unspecified atom stereocenters. The molecule has 0 bridgehead atoms. The van der Waals surface area contributed by atoms with Crippen molar-refractivity contribution in [3.05, 3.63) is 99.2 Å². The minimum atomic E-state index is -1.24. The maximum absolute atomic E-state index is 12.7. The Morgan fingerprint density at radius 2 is 1.72 bits per heavy atom. The number of aliphatic carboxylic acids is 1. The SMILES string of the molecule is CCOC(=O)c1[nH]c2cc(Cl)cc(Cl)c2c1C=C(C(=O)O)c1cccc(NC(=O)c2ccccc2)c1. The van der Waals surface area contributed by atoms with Crippen LogP contribution in [0.2, 0.25) is 10.0 Å². The van der Waals surface area contributed by atoms with Crippen LogP contribution >= 0.6 is 23.2 Å². The number of carboxylic acid groups (broad SMARTS) is 1. The summed E-state index contributed by atoms with van der Waals surface area (Å²) < 4.78 is 5.15. The summed E-state index contributed by atoms with van der Waals surface area (Å²) >= 11 is 12.5. The Morgan fingerprint density at radius 3 is 2.42 bits per heavy atom. The first kappa shape index (κ1) is 25.0. The molecule has 0 aliphatic rings. The van der Waals surface area contributed by atoms with E-state index >= 15 is 0 Å². The molecular weight excluding hydrogens is 503 g/mol. The summed E-state index contributed by atoms with van der Waals surface area (Å²) in [7, 11) is 0. The van der Waals surface area contributed by atoms with Crippen molar-refractivity contribution in [1.29, 1.82) is 0 Å². The number of nitrogens with one attached hydrogen (secondary N) is 2. The molecule has 0 fully saturated rings. The van der Waals surface area contributed by atoms with Crippen molar-refractivity contribution in [2.45, 2.75) is 6.92 Å². The van der Waals surface area contributed by atoms with Crippen LogP contribution < -0.4 is 5.32 Å². The molecule has 0 saturated heterocycles. The third kappa shape index (κ3) is 5.27. The zero-order valence-electron chi connectivity index (χ0n) is 19.0. The van der Waals surface area contributed by atoms with E-state index in [9.17, 15) is 19.5 Å². The number of carboxylic acids is 1. The van der Waals surface area contributed by atoms with E-state index in [1.54, 1.807) is 61.5 Å². The second kappa shape index (κ2) is 10.7. The number of carbonyl (C=O) groups excluding carboxylic acids is 2. The third-order valence-corrected chi connectivity index (χ3v) is 5.84. The van der Waals surface area contributed by atoms with Gasteiger partial charge in [-0.25, -0.2) is 9.59 Å². The Hall–Kier alpha value is -4.07. The molecule has 0 aliphatic heterocycles. The molecule has 182 valence electrons. The number of ether oxygens (including phenoxy) is 1. The minimum Gasteiger partial charge on any atom is -0.478 e. The fourth-order valence-corrected chi connectivity index (χ4v) is 4.35. The molecule has 1 aromatic heterocycles. The van der Waals surface area contributed by atoms with E-state index < -0.39 is 11.9 Å². The van der Waals surface area contributed by atoms with Crippen LogP contribution in [0.15, 0.2) is 66.7 Å². The second-order valence-electron chi connectivity index (χ2n) is 7.71. The number of aromatic amines is 1. The first-order chi connectivity index (χ1) is 17.3. The van der Waals surface area contributed by atoms with Gasteiger partial charge in [-0.1, -0.05) is 53.5 Å². The molecule has 0 radical (unpaired) electrons. The average Bonchev–Trinajstić information content (AvgIpc) is 3.21. The fraction of sp³-hybridized carbons (Fsp3) is 0.0741. The number of fused-ring (bicyclic) bond motifs is 1. The van der Waals surface area contributed by atoms with Gasteiger partial charge in [0, 0.05) is 32.7 Å². The highest BCUT2D eigenvalue weighted by Crippen LogP contribution is 2.35. The maximum atomic E-state index is 12.7. The monoisotopic (exact) mass is 522 g/mol. The van der Waals surface area contributed by atoms with Crippen molar-refractivity contribution < 1.29 is 24.2 Å². The predicted molar refractivity (Wildman–Crippen MR) is 141 cm³/mol. The minimum absolute atomic E-state index is 0.0447. The van der Waals surface area contributed by atoms with E-state index in [0.717, 1.165) is 0 Å². The van der Waals surface area contributed by atoms with Crippen molar-refractivity contribution in [2.75, 3.05) is 11.9 Å². The Morgan fingerprint density at radius 1 is 1.00 bits per heavy atom. The van der Waals surface area contributed by atoms with E-state index in [1.807, 2.05) is 0 Å². The van der Waals surface area contributed by atoms with Crippen molar-refractivity contribution in [3.63, 3.8) is 0 Å². The summed E-state index contributed by atoms with van der Waals surface area (Å²) in [4.78, 5) is 40.5. The van der Waals surface area contributed by atoms with Crippen LogP contribution in [0.3, 0.4) is 0 Å². The number of esters is 1. The van der Waals surface area contributed by atoms with Gasteiger partial charge < -0.3 is 20.1 Å². The molecule has 1 heterocycles. The molecule has 4 rings (SSSR count). The zero-order chi connectivity index (χ0) is 25.8. The third-order valence-electron chi connectivity index (χ3n) is 5.32. The van der Waals surface area contributed by atoms with Gasteiger partial charge in [-0.2, -0.15) is 0 Å². The largest absolute Gasteiger partial charge is 0.478 e. The average molecular weight is 523 g/mol. The van der Waals surface area contributed by atoms with E-state index in [0.29, 0.717) is 32.7 Å². The van der Waals surface area contributed by atoms with Crippen LogP contribution in [0, 0.1) is 0 Å². The molecule has 3 N–H and O–H groups in total. The lowest BCUT2D eigenvalue weighted by Gasteiger charge is -2.09. The van der Waals surface area contributed by atoms with Crippen LogP contribution in [0.5, 0.6) is 0 Å². The Balaban J connectivity index is 1.81. The predicted octanol–water partition coefficient (Wildman–Crippen LogP) is 6.53. The fourth-order valence-electron chi connectivity index (χ4n) is 3.75. The highest BCUT2D eigenvalue weighted by molar-refractivity contribution is 6.39. The van der Waals surface area contributed by atoms with Crippen LogP contribution in [0.1, 0.15) is 38.9 Å². The van der Waals surface area contributed by atoms with Crippen LogP contribution in [0.25, 0.3) is 22.6 Å². The number of rotatable bonds is 7. The second-order valence-corrected chi connectivity index (χ2v) is 8.55. The first-order valence-corrected chi connectivity index (χ1v) is 11.6. The number of halogens is 2. The maximum Gasteiger partial charge on any atom is 0.355 e. The van der Waals surface area contributed by atoms with Gasteiger partial charge in [0.2, 0.25) is 0 Å². The number of carbonyl (C=O) groups is 3. The highest BCUT2D eigenvalue weighted by Gasteiger charge is 2.22. The van der Waals surface area contributed by atoms with Gasteiger partial charge in [0.15, 0.2) is 0 Å². The highest BCUT2D eigenvalue weighted by atomic mass is 35.5. The lowest BCUT2D eigenvalue weighted by Crippen LogP contribution is -2.12. The molecule has 7 nitrogen and oxygen atoms in total. The van der Waals surface area contributed by atoms with Gasteiger partial charge in [0.05, 0.1) is 17.2 Å². The summed E-state index contributed by atoms with van der Waals surface area (Å²) in [6.45, 7) is 1.79. The van der Waals surface area contributed by atoms with Gasteiger partial charge in [-0.3, -0.25) is 4.79 Å². The van der Waals surface area contributed by atoms with Crippen LogP contribution in [0.4, 0.5) is 5.69 Å². The van der Waals surface area contributed by atoms with E-state index in [-0.39, 0.29) is 34.4 Å². The summed E-state index contributed by atoms with van der Waals surface area (Å²) in [5.41, 5.74) is 1.80. The molecule has 1 amide bonds. The van der Waals surface area contributed by atoms with E-state index in [4.69, 9.17) is 27.9 Å². The van der Waals surface area contributed by atoms with Crippen molar-refractivity contribution in [2.24, 2.45) is 0 Å². The molecule has 9 heteroatoms. The number of H-pyrrole nitrogens is 1. The van der Waals surface area contributed by atoms with Gasteiger partial charge >= 0.3 is 11.9 Å². The summed E-state index contributed by atoms with van der Waals surface area (Å²) in [5, 5.41) is 13.8. The molecule has 36 heavy (non-hydrogen) atoms. The Kier molecular flexibility index (Phi) is 7.43. The number of anilines is 1. The lowest BCUT2D eigenvalue weighted by molar-refractivity contribution is -0.130. The smallest absolute Gasteiger partial charge is 0.355 e. The topological polar surface area (TPSA) is 108 Å². The molecular formula is C27H20Cl2N2O5. The van der Waals surface area contributed by atoms with Gasteiger partial charge in [0.25, 0.3) is 5.91 Å².